The quantitative estimate of drug-likeness (QED) is 0.329. The minimum absolute atomic E-state index is 0.0368. The van der Waals surface area contributed by atoms with Crippen molar-refractivity contribution in [2.75, 3.05) is 18.0 Å². The predicted molar refractivity (Wildman–Crippen MR) is 161 cm³/mol. The maximum Gasteiger partial charge on any atom is 0.264 e. The summed E-state index contributed by atoms with van der Waals surface area (Å²) in [6.45, 7) is 8.64. The summed E-state index contributed by atoms with van der Waals surface area (Å²) in [7, 11) is -2.75. The molecule has 0 radical (unpaired) electrons. The zero-order chi connectivity index (χ0) is 29.7. The average molecular weight is 631 g/mol. The molecule has 214 valence electrons. The minimum Gasteiger partial charge on any atom is -0.495 e. The van der Waals surface area contributed by atoms with Gasteiger partial charge in [0, 0.05) is 16.6 Å². The number of amides is 2. The summed E-state index contributed by atoms with van der Waals surface area (Å²) >= 11 is 3.42. The number of benzene rings is 3. The highest BCUT2D eigenvalue weighted by Crippen LogP contribution is 2.32. The number of nitrogens with zero attached hydrogens (tertiary/aromatic N) is 2. The van der Waals surface area contributed by atoms with E-state index in [9.17, 15) is 18.0 Å². The summed E-state index contributed by atoms with van der Waals surface area (Å²) in [5.74, 6) is -0.590. The van der Waals surface area contributed by atoms with E-state index in [-0.39, 0.29) is 23.0 Å². The molecule has 0 aliphatic heterocycles. The van der Waals surface area contributed by atoms with E-state index in [1.807, 2.05) is 52.0 Å². The number of carbonyl (C=O) groups excluding carboxylic acids is 2. The average Bonchev–Trinajstić information content (AvgIpc) is 2.90. The number of methoxy groups -OCH3 is 1. The van der Waals surface area contributed by atoms with Crippen LogP contribution in [0.3, 0.4) is 0 Å². The first-order valence-corrected chi connectivity index (χ1v) is 15.0. The molecule has 3 aromatic rings. The van der Waals surface area contributed by atoms with Crippen molar-refractivity contribution in [1.29, 1.82) is 0 Å². The van der Waals surface area contributed by atoms with Gasteiger partial charge in [-0.15, -0.1) is 0 Å². The van der Waals surface area contributed by atoms with Gasteiger partial charge in [-0.2, -0.15) is 0 Å². The lowest BCUT2D eigenvalue weighted by Crippen LogP contribution is -2.54. The Morgan fingerprint density at radius 2 is 1.57 bits per heavy atom. The van der Waals surface area contributed by atoms with Gasteiger partial charge in [-0.3, -0.25) is 13.9 Å². The Balaban J connectivity index is 2.07. The maximum absolute atomic E-state index is 14.0. The Bertz CT molecular complexity index is 1440. The fourth-order valence-electron chi connectivity index (χ4n) is 4.03. The number of ether oxygens (including phenoxy) is 1. The van der Waals surface area contributed by atoms with Gasteiger partial charge in [-0.1, -0.05) is 57.9 Å². The Morgan fingerprint density at radius 1 is 0.975 bits per heavy atom. The zero-order valence-electron chi connectivity index (χ0n) is 23.6. The summed E-state index contributed by atoms with van der Waals surface area (Å²) in [5.41, 5.74) is 1.39. The van der Waals surface area contributed by atoms with Crippen LogP contribution in [-0.4, -0.2) is 50.4 Å². The Kier molecular flexibility index (Phi) is 10.0. The van der Waals surface area contributed by atoms with Crippen LogP contribution in [0.5, 0.6) is 5.75 Å². The molecule has 10 heteroatoms. The van der Waals surface area contributed by atoms with E-state index < -0.39 is 34.1 Å². The van der Waals surface area contributed by atoms with Crippen molar-refractivity contribution in [2.45, 2.75) is 57.6 Å². The van der Waals surface area contributed by atoms with Crippen molar-refractivity contribution in [2.24, 2.45) is 0 Å². The second kappa shape index (κ2) is 12.9. The molecule has 0 fully saturated rings. The second-order valence-electron chi connectivity index (χ2n) is 10.6. The molecule has 0 heterocycles. The van der Waals surface area contributed by atoms with Crippen LogP contribution in [0, 0.1) is 6.92 Å². The van der Waals surface area contributed by atoms with Crippen molar-refractivity contribution in [1.82, 2.24) is 10.2 Å². The summed E-state index contributed by atoms with van der Waals surface area (Å²) in [6.07, 6.45) is 0. The molecular weight excluding hydrogens is 594 g/mol. The van der Waals surface area contributed by atoms with Crippen LogP contribution in [0.2, 0.25) is 0 Å². The van der Waals surface area contributed by atoms with E-state index in [0.717, 1.165) is 19.9 Å². The molecule has 0 spiro atoms. The van der Waals surface area contributed by atoms with Gasteiger partial charge in [0.15, 0.2) is 0 Å². The third kappa shape index (κ3) is 7.85. The summed E-state index contributed by atoms with van der Waals surface area (Å²) in [5, 5.41) is 2.92. The van der Waals surface area contributed by atoms with Crippen LogP contribution in [0.1, 0.15) is 38.8 Å². The Morgan fingerprint density at radius 3 is 2.15 bits per heavy atom. The minimum atomic E-state index is -4.19. The highest BCUT2D eigenvalue weighted by Gasteiger charge is 2.34. The molecule has 3 aromatic carbocycles. The standard InChI is InChI=1S/C30H36BrN3O5S/c1-21-11-17-25(18-12-21)40(37,38)34(26-9-7-8-10-27(26)39-6)20-28(35)33(19-23-13-15-24(31)16-14-23)22(2)29(36)32-30(3,4)5/h7-18,22H,19-20H2,1-6H3,(H,32,36)/t22-/m1/s1. The third-order valence-electron chi connectivity index (χ3n) is 6.17. The molecule has 0 unspecified atom stereocenters. The normalized spacial score (nSPS) is 12.4. The van der Waals surface area contributed by atoms with Gasteiger partial charge in [0.25, 0.3) is 10.0 Å². The van der Waals surface area contributed by atoms with Crippen molar-refractivity contribution >= 4 is 43.5 Å². The van der Waals surface area contributed by atoms with E-state index in [1.165, 1.54) is 24.1 Å². The van der Waals surface area contributed by atoms with Gasteiger partial charge < -0.3 is 15.0 Å². The lowest BCUT2D eigenvalue weighted by molar-refractivity contribution is -0.140. The number of hydrogen-bond acceptors (Lipinski definition) is 5. The Hall–Kier alpha value is -3.37. The summed E-state index contributed by atoms with van der Waals surface area (Å²) < 4.78 is 35.3. The van der Waals surface area contributed by atoms with Gasteiger partial charge >= 0.3 is 0 Å². The zero-order valence-corrected chi connectivity index (χ0v) is 26.0. The highest BCUT2D eigenvalue weighted by molar-refractivity contribution is 9.10. The lowest BCUT2D eigenvalue weighted by atomic mass is 10.1. The molecule has 0 aromatic heterocycles. The van der Waals surface area contributed by atoms with E-state index >= 15 is 0 Å². The highest BCUT2D eigenvalue weighted by atomic mass is 79.9. The molecule has 0 bridgehead atoms. The second-order valence-corrected chi connectivity index (χ2v) is 13.3. The molecule has 0 aliphatic carbocycles. The van der Waals surface area contributed by atoms with E-state index in [2.05, 4.69) is 21.2 Å². The number of sulfonamides is 1. The number of aryl methyl sites for hydroxylation is 1. The molecule has 0 saturated heterocycles. The first-order chi connectivity index (χ1) is 18.7. The maximum atomic E-state index is 14.0. The molecule has 8 nitrogen and oxygen atoms in total. The summed E-state index contributed by atoms with van der Waals surface area (Å²) in [6, 6.07) is 19.6. The number of para-hydroxylation sites is 2. The van der Waals surface area contributed by atoms with Gasteiger partial charge in [0.2, 0.25) is 11.8 Å². The molecule has 1 N–H and O–H groups in total. The van der Waals surface area contributed by atoms with Gasteiger partial charge in [0.1, 0.15) is 18.3 Å². The van der Waals surface area contributed by atoms with Gasteiger partial charge in [0.05, 0.1) is 17.7 Å². The third-order valence-corrected chi connectivity index (χ3v) is 8.48. The van der Waals surface area contributed by atoms with Crippen molar-refractivity contribution < 1.29 is 22.7 Å². The van der Waals surface area contributed by atoms with E-state index in [1.54, 1.807) is 43.3 Å². The topological polar surface area (TPSA) is 96.0 Å². The number of hydrogen-bond donors (Lipinski definition) is 1. The molecule has 40 heavy (non-hydrogen) atoms. The van der Waals surface area contributed by atoms with Crippen molar-refractivity contribution in [3.8, 4) is 5.75 Å². The number of nitrogens with one attached hydrogen (secondary N) is 1. The predicted octanol–water partition coefficient (Wildman–Crippen LogP) is 5.29. The number of carbonyl (C=O) groups is 2. The fraction of sp³-hybridized carbons (Fsp3) is 0.333. The van der Waals surface area contributed by atoms with Crippen LogP contribution in [0.25, 0.3) is 0 Å². The van der Waals surface area contributed by atoms with E-state index in [4.69, 9.17) is 4.74 Å². The smallest absolute Gasteiger partial charge is 0.264 e. The number of anilines is 1. The van der Waals surface area contributed by atoms with E-state index in [0.29, 0.717) is 5.75 Å². The fourth-order valence-corrected chi connectivity index (χ4v) is 5.72. The number of rotatable bonds is 10. The molecule has 0 aliphatic rings. The summed E-state index contributed by atoms with van der Waals surface area (Å²) in [4.78, 5) is 28.7. The van der Waals surface area contributed by atoms with Crippen LogP contribution in [0.15, 0.2) is 82.2 Å². The van der Waals surface area contributed by atoms with Crippen molar-refractivity contribution in [3.63, 3.8) is 0 Å². The Labute approximate surface area is 245 Å². The monoisotopic (exact) mass is 629 g/mol. The van der Waals surface area contributed by atoms with Crippen molar-refractivity contribution in [3.05, 3.63) is 88.4 Å². The number of halogens is 1. The van der Waals surface area contributed by atoms with Gasteiger partial charge in [-0.05, 0) is 76.6 Å². The largest absolute Gasteiger partial charge is 0.495 e. The first kappa shape index (κ1) is 31.2. The first-order valence-electron chi connectivity index (χ1n) is 12.8. The SMILES string of the molecule is COc1ccccc1N(CC(=O)N(Cc1ccc(Br)cc1)[C@H](C)C(=O)NC(C)(C)C)S(=O)(=O)c1ccc(C)cc1. The van der Waals surface area contributed by atoms with Crippen LogP contribution in [0.4, 0.5) is 5.69 Å². The van der Waals surface area contributed by atoms with Crippen LogP contribution >= 0.6 is 15.9 Å². The van der Waals surface area contributed by atoms with Crippen LogP contribution in [-0.2, 0) is 26.2 Å². The molecule has 3 rings (SSSR count). The molecule has 1 atom stereocenters. The lowest BCUT2D eigenvalue weighted by Gasteiger charge is -2.33. The van der Waals surface area contributed by atoms with Gasteiger partial charge in [-0.25, -0.2) is 8.42 Å². The molecule has 2 amide bonds. The molecular formula is C30H36BrN3O5S. The molecule has 0 saturated carbocycles. The van der Waals surface area contributed by atoms with Crippen LogP contribution < -0.4 is 14.4 Å².